The SMILES string of the molecule is COc1cccc(CNC(=O)N(C)[C@H](c2ccccc2)c2ccccn2)c1. The number of hydrogen-bond donors (Lipinski definition) is 1. The average Bonchev–Trinajstić information content (AvgIpc) is 2.74. The summed E-state index contributed by atoms with van der Waals surface area (Å²) in [6.07, 6.45) is 1.74. The number of nitrogens with one attached hydrogen (secondary N) is 1. The Morgan fingerprint density at radius 1 is 1.07 bits per heavy atom. The van der Waals surface area contributed by atoms with Gasteiger partial charge in [-0.3, -0.25) is 4.98 Å². The van der Waals surface area contributed by atoms with Gasteiger partial charge in [-0.2, -0.15) is 0 Å². The lowest BCUT2D eigenvalue weighted by atomic mass is 10.0. The molecule has 1 N–H and O–H groups in total. The third-order valence-electron chi connectivity index (χ3n) is 4.37. The van der Waals surface area contributed by atoms with Crippen molar-refractivity contribution in [3.05, 3.63) is 95.8 Å². The minimum Gasteiger partial charge on any atom is -0.497 e. The van der Waals surface area contributed by atoms with E-state index >= 15 is 0 Å². The van der Waals surface area contributed by atoms with Crippen molar-refractivity contribution < 1.29 is 9.53 Å². The van der Waals surface area contributed by atoms with Gasteiger partial charge in [0.15, 0.2) is 0 Å². The maximum atomic E-state index is 12.8. The monoisotopic (exact) mass is 361 g/mol. The van der Waals surface area contributed by atoms with Crippen molar-refractivity contribution in [1.29, 1.82) is 0 Å². The molecule has 0 spiro atoms. The van der Waals surface area contributed by atoms with Crippen LogP contribution in [0, 0.1) is 0 Å². The fraction of sp³-hybridized carbons (Fsp3) is 0.182. The van der Waals surface area contributed by atoms with E-state index in [0.29, 0.717) is 6.54 Å². The molecule has 0 aliphatic carbocycles. The number of urea groups is 1. The van der Waals surface area contributed by atoms with Crippen molar-refractivity contribution in [2.75, 3.05) is 14.2 Å². The lowest BCUT2D eigenvalue weighted by molar-refractivity contribution is 0.197. The van der Waals surface area contributed by atoms with Crippen LogP contribution in [0.1, 0.15) is 22.9 Å². The molecule has 2 amide bonds. The molecule has 138 valence electrons. The molecule has 0 aliphatic rings. The maximum Gasteiger partial charge on any atom is 0.318 e. The average molecular weight is 361 g/mol. The van der Waals surface area contributed by atoms with Gasteiger partial charge in [0.2, 0.25) is 0 Å². The number of hydrogen-bond acceptors (Lipinski definition) is 3. The van der Waals surface area contributed by atoms with Crippen molar-refractivity contribution in [3.8, 4) is 5.75 Å². The Balaban J connectivity index is 1.77. The van der Waals surface area contributed by atoms with E-state index in [4.69, 9.17) is 4.74 Å². The van der Waals surface area contributed by atoms with Gasteiger partial charge in [0.25, 0.3) is 0 Å². The molecule has 3 rings (SSSR count). The number of nitrogens with zero attached hydrogens (tertiary/aromatic N) is 2. The van der Waals surface area contributed by atoms with E-state index in [1.165, 1.54) is 0 Å². The van der Waals surface area contributed by atoms with E-state index in [9.17, 15) is 4.79 Å². The number of amides is 2. The van der Waals surface area contributed by atoms with Gasteiger partial charge >= 0.3 is 6.03 Å². The lowest BCUT2D eigenvalue weighted by Crippen LogP contribution is -2.40. The molecule has 0 fully saturated rings. The third kappa shape index (κ3) is 4.64. The Morgan fingerprint density at radius 2 is 1.85 bits per heavy atom. The number of benzene rings is 2. The van der Waals surface area contributed by atoms with Crippen LogP contribution < -0.4 is 10.1 Å². The Bertz CT molecular complexity index is 829. The highest BCUT2D eigenvalue weighted by molar-refractivity contribution is 5.75. The third-order valence-corrected chi connectivity index (χ3v) is 4.37. The van der Waals surface area contributed by atoms with Crippen molar-refractivity contribution in [3.63, 3.8) is 0 Å². The van der Waals surface area contributed by atoms with Gasteiger partial charge in [-0.15, -0.1) is 0 Å². The summed E-state index contributed by atoms with van der Waals surface area (Å²) in [6.45, 7) is 0.421. The number of rotatable bonds is 6. The first-order chi connectivity index (χ1) is 13.2. The predicted molar refractivity (Wildman–Crippen MR) is 106 cm³/mol. The molecule has 1 aromatic heterocycles. The molecule has 0 unspecified atom stereocenters. The zero-order valence-electron chi connectivity index (χ0n) is 15.5. The summed E-state index contributed by atoms with van der Waals surface area (Å²) in [5.74, 6) is 0.769. The molecule has 0 saturated heterocycles. The second-order valence-corrected chi connectivity index (χ2v) is 6.19. The molecule has 2 aromatic carbocycles. The van der Waals surface area contributed by atoms with Crippen LogP contribution in [0.5, 0.6) is 5.75 Å². The van der Waals surface area contributed by atoms with Gasteiger partial charge in [0, 0.05) is 19.8 Å². The van der Waals surface area contributed by atoms with E-state index in [1.54, 1.807) is 25.3 Å². The van der Waals surface area contributed by atoms with Crippen molar-refractivity contribution in [1.82, 2.24) is 15.2 Å². The summed E-state index contributed by atoms with van der Waals surface area (Å²) in [7, 11) is 3.41. The summed E-state index contributed by atoms with van der Waals surface area (Å²) in [4.78, 5) is 19.0. The van der Waals surface area contributed by atoms with E-state index in [0.717, 1.165) is 22.6 Å². The second kappa shape index (κ2) is 8.85. The van der Waals surface area contributed by atoms with Gasteiger partial charge in [-0.05, 0) is 35.4 Å². The van der Waals surface area contributed by atoms with Gasteiger partial charge in [-0.25, -0.2) is 4.79 Å². The van der Waals surface area contributed by atoms with E-state index in [2.05, 4.69) is 10.3 Å². The molecular weight excluding hydrogens is 338 g/mol. The number of carbonyl (C=O) groups excluding carboxylic acids is 1. The van der Waals surface area contributed by atoms with Crippen molar-refractivity contribution in [2.24, 2.45) is 0 Å². The molecule has 5 heteroatoms. The molecule has 5 nitrogen and oxygen atoms in total. The minimum atomic E-state index is -0.266. The number of aromatic nitrogens is 1. The number of carbonyl (C=O) groups is 1. The molecule has 0 bridgehead atoms. The molecule has 0 saturated carbocycles. The predicted octanol–water partition coefficient (Wildman–Crippen LogP) is 4.02. The first kappa shape index (κ1) is 18.5. The van der Waals surface area contributed by atoms with Crippen LogP contribution in [0.15, 0.2) is 79.0 Å². The fourth-order valence-electron chi connectivity index (χ4n) is 2.97. The Kier molecular flexibility index (Phi) is 6.05. The zero-order valence-corrected chi connectivity index (χ0v) is 15.5. The first-order valence-electron chi connectivity index (χ1n) is 8.78. The standard InChI is InChI=1S/C22H23N3O2/c1-25(22(26)24-16-17-9-8-12-19(15-17)27-2)21(18-10-4-3-5-11-18)20-13-6-7-14-23-20/h3-15,21H,16H2,1-2H3,(H,24,26)/t21-/m1/s1. The largest absolute Gasteiger partial charge is 0.497 e. The Hall–Kier alpha value is -3.34. The van der Waals surface area contributed by atoms with Crippen LogP contribution in [0.2, 0.25) is 0 Å². The normalized spacial score (nSPS) is 11.5. The summed E-state index contributed by atoms with van der Waals surface area (Å²) in [5.41, 5.74) is 2.81. The topological polar surface area (TPSA) is 54.5 Å². The molecular formula is C22H23N3O2. The number of pyridine rings is 1. The molecule has 27 heavy (non-hydrogen) atoms. The van der Waals surface area contributed by atoms with E-state index in [1.807, 2.05) is 72.8 Å². The van der Waals surface area contributed by atoms with Crippen LogP contribution in [-0.4, -0.2) is 30.1 Å². The summed E-state index contributed by atoms with van der Waals surface area (Å²) < 4.78 is 5.23. The molecule has 0 aliphatic heterocycles. The summed E-state index contributed by atoms with van der Waals surface area (Å²) >= 11 is 0. The number of methoxy groups -OCH3 is 1. The highest BCUT2D eigenvalue weighted by Crippen LogP contribution is 2.26. The highest BCUT2D eigenvalue weighted by atomic mass is 16.5. The fourth-order valence-corrected chi connectivity index (χ4v) is 2.97. The van der Waals surface area contributed by atoms with Gasteiger partial charge < -0.3 is 15.0 Å². The smallest absolute Gasteiger partial charge is 0.318 e. The van der Waals surface area contributed by atoms with Crippen LogP contribution >= 0.6 is 0 Å². The molecule has 0 radical (unpaired) electrons. The molecule has 1 heterocycles. The van der Waals surface area contributed by atoms with Gasteiger partial charge in [-0.1, -0.05) is 48.5 Å². The van der Waals surface area contributed by atoms with Crippen LogP contribution in [0.25, 0.3) is 0 Å². The van der Waals surface area contributed by atoms with Crippen molar-refractivity contribution >= 4 is 6.03 Å². The van der Waals surface area contributed by atoms with E-state index in [-0.39, 0.29) is 12.1 Å². The Labute approximate surface area is 159 Å². The van der Waals surface area contributed by atoms with E-state index < -0.39 is 0 Å². The quantitative estimate of drug-likeness (QED) is 0.721. The highest BCUT2D eigenvalue weighted by Gasteiger charge is 2.24. The minimum absolute atomic E-state index is 0.169. The van der Waals surface area contributed by atoms with Crippen LogP contribution in [-0.2, 0) is 6.54 Å². The Morgan fingerprint density at radius 3 is 2.56 bits per heavy atom. The lowest BCUT2D eigenvalue weighted by Gasteiger charge is -2.28. The molecule has 1 atom stereocenters. The van der Waals surface area contributed by atoms with Crippen LogP contribution in [0.4, 0.5) is 4.79 Å². The zero-order chi connectivity index (χ0) is 19.1. The van der Waals surface area contributed by atoms with Gasteiger partial charge in [0.1, 0.15) is 11.8 Å². The second-order valence-electron chi connectivity index (χ2n) is 6.19. The van der Waals surface area contributed by atoms with Crippen LogP contribution in [0.3, 0.4) is 0 Å². The number of ether oxygens (including phenoxy) is 1. The van der Waals surface area contributed by atoms with Gasteiger partial charge in [0.05, 0.1) is 12.8 Å². The summed E-state index contributed by atoms with van der Waals surface area (Å²) in [6, 6.07) is 22.9. The van der Waals surface area contributed by atoms with Crippen molar-refractivity contribution in [2.45, 2.75) is 12.6 Å². The maximum absolute atomic E-state index is 12.8. The molecule has 3 aromatic rings. The first-order valence-corrected chi connectivity index (χ1v) is 8.78. The summed E-state index contributed by atoms with van der Waals surface area (Å²) in [5, 5.41) is 2.97.